The van der Waals surface area contributed by atoms with E-state index in [1.54, 1.807) is 0 Å². The van der Waals surface area contributed by atoms with Gasteiger partial charge in [0.25, 0.3) is 0 Å². The van der Waals surface area contributed by atoms with Gasteiger partial charge < -0.3 is 10.2 Å². The molecule has 0 bridgehead atoms. The first-order valence-electron chi connectivity index (χ1n) is 6.69. The third-order valence-corrected chi connectivity index (χ3v) is 3.97. The van der Waals surface area contributed by atoms with Crippen LogP contribution < -0.4 is 0 Å². The monoisotopic (exact) mass is 243 g/mol. The molecule has 0 spiro atoms. The third-order valence-electron chi connectivity index (χ3n) is 3.97. The molecule has 100 valence electrons. The van der Waals surface area contributed by atoms with E-state index in [9.17, 15) is 9.90 Å². The van der Waals surface area contributed by atoms with Crippen LogP contribution in [0.4, 0.5) is 0 Å². The first kappa shape index (κ1) is 14.5. The molecule has 0 radical (unpaired) electrons. The standard InChI is InChI=1S/C13H25NO3/c1-3-13(17,4-2)10-14-8-6-5-7-11(14)9-12(15)16/h11,17H,3-10H2,1-2H3,(H,15,16). The minimum Gasteiger partial charge on any atom is -0.481 e. The van der Waals surface area contributed by atoms with Crippen LogP contribution in [0.1, 0.15) is 52.4 Å². The summed E-state index contributed by atoms with van der Waals surface area (Å²) in [5, 5.41) is 19.3. The number of aliphatic hydroxyl groups is 1. The summed E-state index contributed by atoms with van der Waals surface area (Å²) >= 11 is 0. The molecule has 0 aromatic carbocycles. The maximum atomic E-state index is 10.8. The summed E-state index contributed by atoms with van der Waals surface area (Å²) in [7, 11) is 0. The van der Waals surface area contributed by atoms with Crippen molar-refractivity contribution in [2.75, 3.05) is 13.1 Å². The fraction of sp³-hybridized carbons (Fsp3) is 0.923. The second-order valence-electron chi connectivity index (χ2n) is 5.15. The lowest BCUT2D eigenvalue weighted by Gasteiger charge is -2.40. The number of piperidine rings is 1. The molecule has 1 aliphatic rings. The Labute approximate surface area is 104 Å². The van der Waals surface area contributed by atoms with Gasteiger partial charge in [-0.05, 0) is 32.2 Å². The molecule has 17 heavy (non-hydrogen) atoms. The van der Waals surface area contributed by atoms with Gasteiger partial charge in [-0.3, -0.25) is 9.69 Å². The zero-order valence-electron chi connectivity index (χ0n) is 11.0. The van der Waals surface area contributed by atoms with Crippen molar-refractivity contribution in [1.29, 1.82) is 0 Å². The van der Waals surface area contributed by atoms with Crippen LogP contribution in [0.25, 0.3) is 0 Å². The van der Waals surface area contributed by atoms with E-state index in [1.807, 2.05) is 13.8 Å². The SMILES string of the molecule is CCC(O)(CC)CN1CCCCC1CC(=O)O. The van der Waals surface area contributed by atoms with Gasteiger partial charge in [-0.1, -0.05) is 20.3 Å². The molecular weight excluding hydrogens is 218 g/mol. The molecule has 1 saturated heterocycles. The Morgan fingerprint density at radius 1 is 1.35 bits per heavy atom. The summed E-state index contributed by atoms with van der Waals surface area (Å²) in [5.41, 5.74) is -0.659. The minimum atomic E-state index is -0.738. The van der Waals surface area contributed by atoms with Crippen LogP contribution in [0.5, 0.6) is 0 Å². The molecule has 1 heterocycles. The molecule has 4 heteroatoms. The highest BCUT2D eigenvalue weighted by Crippen LogP contribution is 2.24. The van der Waals surface area contributed by atoms with E-state index in [1.165, 1.54) is 0 Å². The zero-order chi connectivity index (χ0) is 12.9. The van der Waals surface area contributed by atoms with E-state index in [0.29, 0.717) is 6.54 Å². The Bertz CT molecular complexity index is 251. The second-order valence-corrected chi connectivity index (χ2v) is 5.15. The number of carboxylic acid groups (broad SMARTS) is 1. The maximum Gasteiger partial charge on any atom is 0.304 e. The lowest BCUT2D eigenvalue weighted by molar-refractivity contribution is -0.139. The van der Waals surface area contributed by atoms with Crippen LogP contribution in [0.15, 0.2) is 0 Å². The quantitative estimate of drug-likeness (QED) is 0.747. The lowest BCUT2D eigenvalue weighted by atomic mass is 9.92. The van der Waals surface area contributed by atoms with Gasteiger partial charge in [0.05, 0.1) is 12.0 Å². The number of aliphatic carboxylic acids is 1. The largest absolute Gasteiger partial charge is 0.481 e. The molecule has 0 amide bonds. The summed E-state index contributed by atoms with van der Waals surface area (Å²) < 4.78 is 0. The number of hydrogen-bond donors (Lipinski definition) is 2. The number of nitrogens with zero attached hydrogens (tertiary/aromatic N) is 1. The maximum absolute atomic E-state index is 10.8. The van der Waals surface area contributed by atoms with E-state index < -0.39 is 11.6 Å². The van der Waals surface area contributed by atoms with Gasteiger partial charge in [0.1, 0.15) is 0 Å². The van der Waals surface area contributed by atoms with Crippen molar-refractivity contribution in [3.05, 3.63) is 0 Å². The van der Waals surface area contributed by atoms with Gasteiger partial charge in [-0.2, -0.15) is 0 Å². The molecular formula is C13H25NO3. The number of β-amino-alcohol motifs (C(OH)–C–C–N with tert-alkyl or cyclic N) is 1. The predicted molar refractivity (Wildman–Crippen MR) is 67.0 cm³/mol. The average molecular weight is 243 g/mol. The number of carbonyl (C=O) groups is 1. The van der Waals surface area contributed by atoms with Crippen molar-refractivity contribution in [1.82, 2.24) is 4.90 Å². The number of hydrogen-bond acceptors (Lipinski definition) is 3. The molecule has 1 aliphatic heterocycles. The summed E-state index contributed by atoms with van der Waals surface area (Å²) in [6, 6.07) is 0.103. The second kappa shape index (κ2) is 6.36. The smallest absolute Gasteiger partial charge is 0.304 e. The van der Waals surface area contributed by atoms with Gasteiger partial charge in [-0.15, -0.1) is 0 Å². The number of likely N-dealkylation sites (tertiary alicyclic amines) is 1. The first-order valence-corrected chi connectivity index (χ1v) is 6.69. The Morgan fingerprint density at radius 2 is 2.00 bits per heavy atom. The first-order chi connectivity index (χ1) is 8.00. The molecule has 4 nitrogen and oxygen atoms in total. The van der Waals surface area contributed by atoms with E-state index in [0.717, 1.165) is 38.6 Å². The van der Waals surface area contributed by atoms with E-state index in [-0.39, 0.29) is 12.5 Å². The van der Waals surface area contributed by atoms with Crippen LogP contribution >= 0.6 is 0 Å². The Hall–Kier alpha value is -0.610. The lowest BCUT2D eigenvalue weighted by Crippen LogP contribution is -2.49. The van der Waals surface area contributed by atoms with E-state index >= 15 is 0 Å². The Kier molecular flexibility index (Phi) is 5.40. The average Bonchev–Trinajstić information content (AvgIpc) is 2.31. The van der Waals surface area contributed by atoms with Crippen molar-refractivity contribution in [2.24, 2.45) is 0 Å². The third kappa shape index (κ3) is 4.28. The molecule has 1 unspecified atom stereocenters. The molecule has 1 atom stereocenters. The van der Waals surface area contributed by atoms with E-state index in [4.69, 9.17) is 5.11 Å². The Morgan fingerprint density at radius 3 is 2.53 bits per heavy atom. The molecule has 0 saturated carbocycles. The van der Waals surface area contributed by atoms with Gasteiger partial charge in [-0.25, -0.2) is 0 Å². The minimum absolute atomic E-state index is 0.103. The van der Waals surface area contributed by atoms with E-state index in [2.05, 4.69) is 4.90 Å². The van der Waals surface area contributed by atoms with Gasteiger partial charge in [0, 0.05) is 12.6 Å². The molecule has 1 rings (SSSR count). The van der Waals surface area contributed by atoms with Crippen LogP contribution in [0.3, 0.4) is 0 Å². The highest BCUT2D eigenvalue weighted by Gasteiger charge is 2.31. The Balaban J connectivity index is 2.61. The summed E-state index contributed by atoms with van der Waals surface area (Å²) in [4.78, 5) is 13.0. The van der Waals surface area contributed by atoms with Gasteiger partial charge >= 0.3 is 5.97 Å². The zero-order valence-corrected chi connectivity index (χ0v) is 11.0. The van der Waals surface area contributed by atoms with Crippen LogP contribution in [-0.2, 0) is 4.79 Å². The predicted octanol–water partition coefficient (Wildman–Crippen LogP) is 1.87. The summed E-state index contributed by atoms with van der Waals surface area (Å²) in [6.07, 6.45) is 4.80. The van der Waals surface area contributed by atoms with Crippen LogP contribution in [0.2, 0.25) is 0 Å². The molecule has 0 aliphatic carbocycles. The van der Waals surface area contributed by atoms with Gasteiger partial charge in [0.15, 0.2) is 0 Å². The summed E-state index contributed by atoms with van der Waals surface area (Å²) in [5.74, 6) is -0.738. The number of carboxylic acids is 1. The molecule has 2 N–H and O–H groups in total. The van der Waals surface area contributed by atoms with Gasteiger partial charge in [0.2, 0.25) is 0 Å². The highest BCUT2D eigenvalue weighted by atomic mass is 16.4. The highest BCUT2D eigenvalue weighted by molar-refractivity contribution is 5.67. The fourth-order valence-corrected chi connectivity index (χ4v) is 2.55. The topological polar surface area (TPSA) is 60.8 Å². The van der Waals surface area contributed by atoms with Crippen molar-refractivity contribution >= 4 is 5.97 Å². The van der Waals surface area contributed by atoms with Crippen LogP contribution in [-0.4, -0.2) is 45.8 Å². The fourth-order valence-electron chi connectivity index (χ4n) is 2.55. The van der Waals surface area contributed by atoms with Crippen molar-refractivity contribution in [2.45, 2.75) is 64.0 Å². The molecule has 1 fully saturated rings. The molecule has 0 aromatic rings. The normalized spacial score (nSPS) is 22.6. The van der Waals surface area contributed by atoms with Crippen molar-refractivity contribution in [3.63, 3.8) is 0 Å². The van der Waals surface area contributed by atoms with Crippen molar-refractivity contribution < 1.29 is 15.0 Å². The van der Waals surface area contributed by atoms with Crippen molar-refractivity contribution in [3.8, 4) is 0 Å². The summed E-state index contributed by atoms with van der Waals surface area (Å²) in [6.45, 7) is 5.50. The molecule has 0 aromatic heterocycles. The van der Waals surface area contributed by atoms with Crippen LogP contribution in [0, 0.1) is 0 Å². The number of rotatable bonds is 6.